The molecule has 0 saturated carbocycles. The van der Waals surface area contributed by atoms with Crippen LogP contribution in [0.1, 0.15) is 22.3 Å². The summed E-state index contributed by atoms with van der Waals surface area (Å²) in [5, 5.41) is 16.7. The molecule has 32 heavy (non-hydrogen) atoms. The fourth-order valence-electron chi connectivity index (χ4n) is 4.27. The fraction of sp³-hybridized carbons (Fsp3) is 0.364. The molecule has 0 radical (unpaired) electrons. The van der Waals surface area contributed by atoms with Gasteiger partial charge < -0.3 is 25.0 Å². The van der Waals surface area contributed by atoms with E-state index in [9.17, 15) is 14.7 Å². The zero-order valence-corrected chi connectivity index (χ0v) is 17.5. The van der Waals surface area contributed by atoms with Crippen LogP contribution in [0.2, 0.25) is 0 Å². The summed E-state index contributed by atoms with van der Waals surface area (Å²) in [6.45, 7) is 2.65. The standard InChI is InChI=1S/C22H24N6O4/c29-9-6-27-18-13-19(26-7-10-32-11-8-26)17(12-15(18)2-3-20(27)30)25-22(31)16-14-24-28-5-1-4-23-21(16)28/h1,4-5,12-14,29H,2-3,6-11H2,(H,25,31). The minimum atomic E-state index is -0.299. The number of aliphatic hydroxyl groups is 1. The third-order valence-corrected chi connectivity index (χ3v) is 5.84. The van der Waals surface area contributed by atoms with Crippen LogP contribution in [-0.4, -0.2) is 71.0 Å². The molecule has 2 aromatic heterocycles. The van der Waals surface area contributed by atoms with Crippen LogP contribution in [0.3, 0.4) is 0 Å². The molecule has 4 heterocycles. The molecule has 0 aliphatic carbocycles. The number of hydrogen-bond acceptors (Lipinski definition) is 7. The molecule has 1 aromatic carbocycles. The topological polar surface area (TPSA) is 112 Å². The maximum atomic E-state index is 13.2. The van der Waals surface area contributed by atoms with E-state index >= 15 is 0 Å². The lowest BCUT2D eigenvalue weighted by Crippen LogP contribution is -2.39. The maximum absolute atomic E-state index is 13.2. The molecule has 1 fully saturated rings. The molecular weight excluding hydrogens is 412 g/mol. The number of anilines is 3. The van der Waals surface area contributed by atoms with Crippen molar-refractivity contribution < 1.29 is 19.4 Å². The third-order valence-electron chi connectivity index (χ3n) is 5.84. The third kappa shape index (κ3) is 3.67. The lowest BCUT2D eigenvalue weighted by molar-refractivity contribution is -0.119. The van der Waals surface area contributed by atoms with Crippen molar-refractivity contribution in [3.05, 3.63) is 47.9 Å². The van der Waals surface area contributed by atoms with Gasteiger partial charge in [0.15, 0.2) is 5.65 Å². The van der Waals surface area contributed by atoms with Crippen LogP contribution in [0, 0.1) is 0 Å². The highest BCUT2D eigenvalue weighted by Gasteiger charge is 2.28. The van der Waals surface area contributed by atoms with Gasteiger partial charge in [-0.15, -0.1) is 0 Å². The summed E-state index contributed by atoms with van der Waals surface area (Å²) in [5.74, 6) is -0.305. The highest BCUT2D eigenvalue weighted by atomic mass is 16.5. The van der Waals surface area contributed by atoms with Crippen LogP contribution in [0.5, 0.6) is 0 Å². The summed E-state index contributed by atoms with van der Waals surface area (Å²) < 4.78 is 7.05. The molecule has 0 atom stereocenters. The number of β-amino-alcohol motifs (C(OH)–C–C–N with tert-alkyl or cyclic N) is 1. The van der Waals surface area contributed by atoms with E-state index in [0.29, 0.717) is 56.0 Å². The zero-order chi connectivity index (χ0) is 22.1. The normalized spacial score (nSPS) is 16.3. The molecule has 2 amide bonds. The Kier molecular flexibility index (Phi) is 5.46. The van der Waals surface area contributed by atoms with E-state index in [-0.39, 0.29) is 25.0 Å². The minimum Gasteiger partial charge on any atom is -0.395 e. The Morgan fingerprint density at radius 3 is 2.84 bits per heavy atom. The number of carbonyl (C=O) groups excluding carboxylic acids is 2. The molecular formula is C22H24N6O4. The van der Waals surface area contributed by atoms with Gasteiger partial charge in [0.25, 0.3) is 5.91 Å². The second kappa shape index (κ2) is 8.56. The number of fused-ring (bicyclic) bond motifs is 2. The van der Waals surface area contributed by atoms with Crippen LogP contribution in [0.4, 0.5) is 17.1 Å². The first-order chi connectivity index (χ1) is 15.7. The Balaban J connectivity index is 1.54. The molecule has 2 aliphatic rings. The van der Waals surface area contributed by atoms with Crippen molar-refractivity contribution in [3.8, 4) is 0 Å². The minimum absolute atomic E-state index is 0.00584. The number of aromatic nitrogens is 3. The molecule has 2 N–H and O–H groups in total. The predicted molar refractivity (Wildman–Crippen MR) is 118 cm³/mol. The molecule has 1 saturated heterocycles. The molecule has 2 aliphatic heterocycles. The van der Waals surface area contributed by atoms with Gasteiger partial charge in [0.2, 0.25) is 5.91 Å². The first kappa shape index (κ1) is 20.4. The van der Waals surface area contributed by atoms with E-state index in [1.165, 1.54) is 6.20 Å². The molecule has 166 valence electrons. The Labute approximate surface area is 184 Å². The maximum Gasteiger partial charge on any atom is 0.261 e. The van der Waals surface area contributed by atoms with Gasteiger partial charge in [-0.2, -0.15) is 5.10 Å². The number of aliphatic hydroxyl groups excluding tert-OH is 1. The summed E-state index contributed by atoms with van der Waals surface area (Å²) >= 11 is 0. The van der Waals surface area contributed by atoms with Crippen molar-refractivity contribution >= 4 is 34.5 Å². The van der Waals surface area contributed by atoms with Crippen molar-refractivity contribution in [2.24, 2.45) is 0 Å². The van der Waals surface area contributed by atoms with E-state index in [2.05, 4.69) is 20.3 Å². The van der Waals surface area contributed by atoms with Crippen LogP contribution >= 0.6 is 0 Å². The number of rotatable bonds is 5. The van der Waals surface area contributed by atoms with Gasteiger partial charge in [-0.25, -0.2) is 9.50 Å². The van der Waals surface area contributed by atoms with E-state index in [1.807, 2.05) is 12.1 Å². The second-order valence-corrected chi connectivity index (χ2v) is 7.77. The summed E-state index contributed by atoms with van der Waals surface area (Å²) in [6.07, 6.45) is 5.82. The van der Waals surface area contributed by atoms with E-state index in [1.54, 1.807) is 27.9 Å². The number of hydrogen-bond donors (Lipinski definition) is 2. The van der Waals surface area contributed by atoms with Crippen LogP contribution in [-0.2, 0) is 16.0 Å². The van der Waals surface area contributed by atoms with Gasteiger partial charge in [-0.05, 0) is 30.2 Å². The molecule has 0 spiro atoms. The summed E-state index contributed by atoms with van der Waals surface area (Å²) in [4.78, 5) is 33.7. The van der Waals surface area contributed by atoms with Crippen molar-refractivity contribution in [1.29, 1.82) is 0 Å². The number of ether oxygens (including phenoxy) is 1. The summed E-state index contributed by atoms with van der Waals surface area (Å²) in [7, 11) is 0. The van der Waals surface area contributed by atoms with Gasteiger partial charge in [-0.1, -0.05) is 0 Å². The Morgan fingerprint density at radius 1 is 1.19 bits per heavy atom. The molecule has 3 aromatic rings. The Hall–Kier alpha value is -3.50. The van der Waals surface area contributed by atoms with Gasteiger partial charge in [0.05, 0.1) is 37.4 Å². The summed E-state index contributed by atoms with van der Waals surface area (Å²) in [6, 6.07) is 5.63. The first-order valence-corrected chi connectivity index (χ1v) is 10.7. The quantitative estimate of drug-likeness (QED) is 0.616. The van der Waals surface area contributed by atoms with E-state index in [4.69, 9.17) is 4.74 Å². The van der Waals surface area contributed by atoms with Crippen molar-refractivity contribution in [1.82, 2.24) is 14.6 Å². The second-order valence-electron chi connectivity index (χ2n) is 7.77. The van der Waals surface area contributed by atoms with Crippen molar-refractivity contribution in [3.63, 3.8) is 0 Å². The zero-order valence-electron chi connectivity index (χ0n) is 17.5. The predicted octanol–water partition coefficient (Wildman–Crippen LogP) is 1.09. The molecule has 0 unspecified atom stereocenters. The lowest BCUT2D eigenvalue weighted by atomic mass is 9.98. The summed E-state index contributed by atoms with van der Waals surface area (Å²) in [5.41, 5.74) is 4.10. The first-order valence-electron chi connectivity index (χ1n) is 10.7. The van der Waals surface area contributed by atoms with Gasteiger partial charge in [-0.3, -0.25) is 9.59 Å². The van der Waals surface area contributed by atoms with E-state index in [0.717, 1.165) is 16.9 Å². The monoisotopic (exact) mass is 436 g/mol. The number of carbonyl (C=O) groups is 2. The number of nitrogens with one attached hydrogen (secondary N) is 1. The average molecular weight is 436 g/mol. The number of amides is 2. The Bertz CT molecular complexity index is 1170. The number of nitrogens with zero attached hydrogens (tertiary/aromatic N) is 5. The van der Waals surface area contributed by atoms with Gasteiger partial charge in [0, 0.05) is 44.1 Å². The molecule has 10 nitrogen and oxygen atoms in total. The Morgan fingerprint density at radius 2 is 2.03 bits per heavy atom. The van der Waals surface area contributed by atoms with Gasteiger partial charge >= 0.3 is 0 Å². The largest absolute Gasteiger partial charge is 0.395 e. The number of benzene rings is 1. The molecule has 0 bridgehead atoms. The highest BCUT2D eigenvalue weighted by Crippen LogP contribution is 2.38. The van der Waals surface area contributed by atoms with Crippen molar-refractivity contribution in [2.75, 3.05) is 54.6 Å². The number of aryl methyl sites for hydroxylation is 1. The molecule has 5 rings (SSSR count). The van der Waals surface area contributed by atoms with E-state index < -0.39 is 0 Å². The van der Waals surface area contributed by atoms with Crippen LogP contribution in [0.15, 0.2) is 36.8 Å². The lowest BCUT2D eigenvalue weighted by Gasteiger charge is -2.34. The SMILES string of the molecule is O=C(Nc1cc2c(cc1N1CCOCC1)N(CCO)C(=O)CC2)c1cnn2cccnc12. The smallest absolute Gasteiger partial charge is 0.261 e. The fourth-order valence-corrected chi connectivity index (χ4v) is 4.27. The highest BCUT2D eigenvalue weighted by molar-refractivity contribution is 6.10. The van der Waals surface area contributed by atoms with Crippen molar-refractivity contribution in [2.45, 2.75) is 12.8 Å². The van der Waals surface area contributed by atoms with Crippen LogP contribution in [0.25, 0.3) is 5.65 Å². The van der Waals surface area contributed by atoms with Crippen LogP contribution < -0.4 is 15.1 Å². The molecule has 10 heteroatoms. The number of morpholine rings is 1. The van der Waals surface area contributed by atoms with Gasteiger partial charge in [0.1, 0.15) is 5.56 Å². The average Bonchev–Trinajstić information content (AvgIpc) is 3.26.